The van der Waals surface area contributed by atoms with Crippen LogP contribution in [-0.4, -0.2) is 95.0 Å². The number of esters is 1. The van der Waals surface area contributed by atoms with Gasteiger partial charge in [-0.1, -0.05) is 39.0 Å². The third-order valence-electron chi connectivity index (χ3n) is 5.66. The molecule has 0 aliphatic rings. The largest absolute Gasteiger partial charge is 0.463 e. The minimum atomic E-state index is -0.682. The monoisotopic (exact) mass is 587 g/mol. The Labute approximate surface area is 241 Å². The van der Waals surface area contributed by atoms with E-state index in [1.54, 1.807) is 0 Å². The van der Waals surface area contributed by atoms with Gasteiger partial charge in [0.05, 0.1) is 82.0 Å². The Kier molecular flexibility index (Phi) is 21.9. The second-order valence-corrected chi connectivity index (χ2v) is 8.94. The zero-order valence-corrected chi connectivity index (χ0v) is 24.1. The first-order valence-electron chi connectivity index (χ1n) is 14.2. The number of nitrogens with one attached hydrogen (secondary N) is 1. The smallest absolute Gasteiger partial charge is 0.305 e. The summed E-state index contributed by atoms with van der Waals surface area (Å²) in [5.41, 5.74) is -0.524. The maximum atomic E-state index is 11.6. The van der Waals surface area contributed by atoms with E-state index in [4.69, 9.17) is 28.4 Å². The molecule has 0 aromatic heterocycles. The van der Waals surface area contributed by atoms with E-state index >= 15 is 0 Å². The molecule has 1 N–H and O–H groups in total. The first-order valence-corrected chi connectivity index (χ1v) is 14.2. The van der Waals surface area contributed by atoms with Crippen molar-refractivity contribution < 1.29 is 43.1 Å². The van der Waals surface area contributed by atoms with E-state index in [1.807, 2.05) is 0 Å². The molecule has 0 unspecified atom stereocenters. The van der Waals surface area contributed by atoms with Crippen molar-refractivity contribution in [2.45, 2.75) is 51.9 Å². The van der Waals surface area contributed by atoms with Gasteiger partial charge in [-0.3, -0.25) is 25.0 Å². The minimum absolute atomic E-state index is 0.168. The molecular formula is C27H45N3O11. The standard InChI is InChI=1S/C27H45N3O11/c1-2-3-4-5-6-7-8-27(31)41-22-21-40-20-19-39-18-17-38-16-15-37-14-13-36-12-11-28-25-10-9-24(29(32)33)23-26(25)30(34)35/h9-10,23,28H,2-8,11-22H2,1H3. The molecule has 0 amide bonds. The molecule has 0 bridgehead atoms. The van der Waals surface area contributed by atoms with Crippen LogP contribution in [0.15, 0.2) is 18.2 Å². The van der Waals surface area contributed by atoms with Crippen molar-refractivity contribution in [2.24, 2.45) is 0 Å². The lowest BCUT2D eigenvalue weighted by molar-refractivity contribution is -0.393. The van der Waals surface area contributed by atoms with Gasteiger partial charge < -0.3 is 33.7 Å². The van der Waals surface area contributed by atoms with Crippen molar-refractivity contribution in [1.82, 2.24) is 0 Å². The van der Waals surface area contributed by atoms with E-state index in [0.717, 1.165) is 18.9 Å². The van der Waals surface area contributed by atoms with Crippen LogP contribution in [0.2, 0.25) is 0 Å². The highest BCUT2D eigenvalue weighted by atomic mass is 16.6. The number of nitro groups is 2. The quantitative estimate of drug-likeness (QED) is 0.0639. The van der Waals surface area contributed by atoms with Crippen molar-refractivity contribution in [2.75, 3.05) is 84.5 Å². The first-order chi connectivity index (χ1) is 20.0. The number of ether oxygens (including phenoxy) is 6. The molecule has 0 heterocycles. The predicted molar refractivity (Wildman–Crippen MR) is 151 cm³/mol. The maximum absolute atomic E-state index is 11.6. The number of non-ortho nitro benzene ring substituents is 1. The van der Waals surface area contributed by atoms with Crippen LogP contribution in [0.3, 0.4) is 0 Å². The lowest BCUT2D eigenvalue weighted by atomic mass is 10.1. The Morgan fingerprint density at radius 2 is 1.22 bits per heavy atom. The number of hydrogen-bond acceptors (Lipinski definition) is 12. The summed E-state index contributed by atoms with van der Waals surface area (Å²) < 4.78 is 32.2. The molecule has 1 aromatic rings. The summed E-state index contributed by atoms with van der Waals surface area (Å²) in [4.78, 5) is 32.2. The summed E-state index contributed by atoms with van der Waals surface area (Å²) in [7, 11) is 0. The Morgan fingerprint density at radius 3 is 1.76 bits per heavy atom. The molecule has 1 aromatic carbocycles. The van der Waals surface area contributed by atoms with Gasteiger partial charge in [0.15, 0.2) is 0 Å². The summed E-state index contributed by atoms with van der Waals surface area (Å²) in [5, 5.41) is 24.7. The number of nitro benzene ring substituents is 2. The molecule has 0 aliphatic carbocycles. The maximum Gasteiger partial charge on any atom is 0.305 e. The summed E-state index contributed by atoms with van der Waals surface area (Å²) in [6.07, 6.45) is 7.29. The molecular weight excluding hydrogens is 542 g/mol. The van der Waals surface area contributed by atoms with Crippen LogP contribution in [0, 0.1) is 20.2 Å². The second-order valence-electron chi connectivity index (χ2n) is 8.94. The molecule has 1 rings (SSSR count). The molecule has 14 nitrogen and oxygen atoms in total. The van der Waals surface area contributed by atoms with E-state index in [2.05, 4.69) is 12.2 Å². The van der Waals surface area contributed by atoms with Gasteiger partial charge in [0.2, 0.25) is 0 Å². The van der Waals surface area contributed by atoms with Crippen LogP contribution in [0.1, 0.15) is 51.9 Å². The average molecular weight is 588 g/mol. The van der Waals surface area contributed by atoms with Crippen molar-refractivity contribution >= 4 is 23.0 Å². The summed E-state index contributed by atoms with van der Waals surface area (Å²) in [5.74, 6) is -0.168. The third-order valence-corrected chi connectivity index (χ3v) is 5.66. The molecule has 41 heavy (non-hydrogen) atoms. The van der Waals surface area contributed by atoms with Gasteiger partial charge >= 0.3 is 5.97 Å². The lowest BCUT2D eigenvalue weighted by Gasteiger charge is -2.09. The van der Waals surface area contributed by atoms with Crippen LogP contribution >= 0.6 is 0 Å². The second kappa shape index (κ2) is 24.9. The number of nitrogens with zero attached hydrogens (tertiary/aromatic N) is 2. The first kappa shape index (κ1) is 36.1. The van der Waals surface area contributed by atoms with Gasteiger partial charge in [0.25, 0.3) is 11.4 Å². The SMILES string of the molecule is CCCCCCCCC(=O)OCCOCCOCCOCCOCCOCCNc1ccc([N+](=O)[O-])cc1[N+](=O)[O-]. The third kappa shape index (κ3) is 19.7. The van der Waals surface area contributed by atoms with Gasteiger partial charge in [0.1, 0.15) is 12.3 Å². The molecule has 0 saturated carbocycles. The number of rotatable bonds is 28. The molecule has 0 fully saturated rings. The van der Waals surface area contributed by atoms with E-state index in [1.165, 1.54) is 37.8 Å². The number of anilines is 1. The number of hydrogen-bond donors (Lipinski definition) is 1. The minimum Gasteiger partial charge on any atom is -0.463 e. The molecule has 0 spiro atoms. The number of carbonyl (C=O) groups excluding carboxylic acids is 1. The normalized spacial score (nSPS) is 11.0. The zero-order chi connectivity index (χ0) is 30.0. The fraction of sp³-hybridized carbons (Fsp3) is 0.741. The van der Waals surface area contributed by atoms with Gasteiger partial charge in [-0.15, -0.1) is 0 Å². The summed E-state index contributed by atoms with van der Waals surface area (Å²) >= 11 is 0. The lowest BCUT2D eigenvalue weighted by Crippen LogP contribution is -2.15. The Hall–Kier alpha value is -2.91. The topological polar surface area (TPSA) is 171 Å². The highest BCUT2D eigenvalue weighted by Gasteiger charge is 2.19. The van der Waals surface area contributed by atoms with Crippen LogP contribution in [0.4, 0.5) is 17.1 Å². The molecule has 0 aliphatic heterocycles. The summed E-state index contributed by atoms with van der Waals surface area (Å²) in [6.45, 7) is 6.57. The van der Waals surface area contributed by atoms with Crippen LogP contribution in [0.25, 0.3) is 0 Å². The van der Waals surface area contributed by atoms with Gasteiger partial charge in [-0.25, -0.2) is 0 Å². The Balaban J connectivity index is 1.83. The molecule has 0 radical (unpaired) electrons. The number of benzene rings is 1. The molecule has 234 valence electrons. The van der Waals surface area contributed by atoms with Crippen LogP contribution in [-0.2, 0) is 33.2 Å². The fourth-order valence-corrected chi connectivity index (χ4v) is 3.51. The molecule has 14 heteroatoms. The highest BCUT2D eigenvalue weighted by molar-refractivity contribution is 5.69. The fourth-order valence-electron chi connectivity index (χ4n) is 3.51. The van der Waals surface area contributed by atoms with E-state index in [9.17, 15) is 25.0 Å². The molecule has 0 saturated heterocycles. The molecule has 0 atom stereocenters. The predicted octanol–water partition coefficient (Wildman–Crippen LogP) is 4.29. The Bertz CT molecular complexity index is 858. The van der Waals surface area contributed by atoms with E-state index < -0.39 is 9.85 Å². The zero-order valence-electron chi connectivity index (χ0n) is 24.1. The van der Waals surface area contributed by atoms with Crippen LogP contribution in [0.5, 0.6) is 0 Å². The van der Waals surface area contributed by atoms with E-state index in [0.29, 0.717) is 72.4 Å². The van der Waals surface area contributed by atoms with Gasteiger partial charge in [-0.05, 0) is 12.5 Å². The van der Waals surface area contributed by atoms with Crippen LogP contribution < -0.4 is 5.32 Å². The van der Waals surface area contributed by atoms with Crippen molar-refractivity contribution in [1.29, 1.82) is 0 Å². The van der Waals surface area contributed by atoms with Crippen molar-refractivity contribution in [3.63, 3.8) is 0 Å². The van der Waals surface area contributed by atoms with Gasteiger partial charge in [-0.2, -0.15) is 0 Å². The average Bonchev–Trinajstić information content (AvgIpc) is 2.95. The van der Waals surface area contributed by atoms with Crippen molar-refractivity contribution in [3.05, 3.63) is 38.4 Å². The van der Waals surface area contributed by atoms with Crippen molar-refractivity contribution in [3.8, 4) is 0 Å². The highest BCUT2D eigenvalue weighted by Crippen LogP contribution is 2.28. The van der Waals surface area contributed by atoms with Gasteiger partial charge in [0, 0.05) is 19.0 Å². The number of carbonyl (C=O) groups is 1. The van der Waals surface area contributed by atoms with E-state index in [-0.39, 0.29) is 36.2 Å². The summed E-state index contributed by atoms with van der Waals surface area (Å²) in [6, 6.07) is 3.42. The Morgan fingerprint density at radius 1 is 0.707 bits per heavy atom. The number of unbranched alkanes of at least 4 members (excludes halogenated alkanes) is 5.